The molecule has 0 spiro atoms. The number of hydrogen-bond acceptors (Lipinski definition) is 3. The molecular formula is C8H13NO2. The van der Waals surface area contributed by atoms with Gasteiger partial charge in [0.25, 0.3) is 0 Å². The van der Waals surface area contributed by atoms with E-state index in [2.05, 4.69) is 30.5 Å². The lowest BCUT2D eigenvalue weighted by Crippen LogP contribution is -2.16. The lowest BCUT2D eigenvalue weighted by Gasteiger charge is -2.17. The Bertz CT molecular complexity index is 198. The number of aromatic nitrogens is 1. The average molecular weight is 155 g/mol. The van der Waals surface area contributed by atoms with Gasteiger partial charge in [0, 0.05) is 0 Å². The number of rotatable bonds is 2. The van der Waals surface area contributed by atoms with E-state index in [4.69, 9.17) is 4.74 Å². The Morgan fingerprint density at radius 1 is 1.55 bits per heavy atom. The minimum absolute atomic E-state index is 0.178. The number of nitrogens with zero attached hydrogens (tertiary/aromatic N) is 1. The van der Waals surface area contributed by atoms with Gasteiger partial charge in [-0.25, -0.2) is 0 Å². The Morgan fingerprint density at radius 3 is 2.73 bits per heavy atom. The summed E-state index contributed by atoms with van der Waals surface area (Å²) in [6.07, 6.45) is 3.05. The zero-order chi connectivity index (χ0) is 8.32. The molecule has 62 valence electrons. The summed E-state index contributed by atoms with van der Waals surface area (Å²) < 4.78 is 9.96. The van der Waals surface area contributed by atoms with Crippen molar-refractivity contribution in [2.45, 2.75) is 20.8 Å². The molecule has 0 bridgehead atoms. The van der Waals surface area contributed by atoms with Gasteiger partial charge in [0.2, 0.25) is 0 Å². The Hall–Kier alpha value is -0.990. The molecule has 11 heavy (non-hydrogen) atoms. The van der Waals surface area contributed by atoms with Crippen molar-refractivity contribution in [3.8, 4) is 5.75 Å². The maximum Gasteiger partial charge on any atom is 0.178 e. The molecule has 0 saturated heterocycles. The van der Waals surface area contributed by atoms with Gasteiger partial charge in [0.05, 0.1) is 6.61 Å². The highest BCUT2D eigenvalue weighted by atomic mass is 16.5. The fraction of sp³-hybridized carbons (Fsp3) is 0.625. The van der Waals surface area contributed by atoms with Gasteiger partial charge in [-0.3, -0.25) is 0 Å². The van der Waals surface area contributed by atoms with E-state index in [1.54, 1.807) is 6.20 Å². The van der Waals surface area contributed by atoms with Crippen LogP contribution in [0.15, 0.2) is 17.0 Å². The predicted octanol–water partition coefficient (Wildman–Crippen LogP) is 2.10. The molecule has 0 amide bonds. The summed E-state index contributed by atoms with van der Waals surface area (Å²) in [5.74, 6) is 0.694. The molecule has 0 aliphatic heterocycles. The van der Waals surface area contributed by atoms with E-state index in [-0.39, 0.29) is 5.41 Å². The highest BCUT2D eigenvalue weighted by Gasteiger charge is 2.11. The Kier molecular flexibility index (Phi) is 2.17. The summed E-state index contributed by atoms with van der Waals surface area (Å²) in [4.78, 5) is 0. The quantitative estimate of drug-likeness (QED) is 0.656. The molecule has 0 aliphatic rings. The zero-order valence-corrected chi connectivity index (χ0v) is 7.13. The van der Waals surface area contributed by atoms with Crippen LogP contribution in [0.3, 0.4) is 0 Å². The minimum atomic E-state index is 0.178. The molecule has 0 fully saturated rings. The first-order valence-corrected chi connectivity index (χ1v) is 3.60. The van der Waals surface area contributed by atoms with Crippen LogP contribution >= 0.6 is 0 Å². The van der Waals surface area contributed by atoms with Crippen LogP contribution < -0.4 is 4.74 Å². The van der Waals surface area contributed by atoms with Crippen LogP contribution in [0, 0.1) is 5.41 Å². The second kappa shape index (κ2) is 2.95. The molecule has 0 N–H and O–H groups in total. The second-order valence-electron chi connectivity index (χ2n) is 3.71. The minimum Gasteiger partial charge on any atom is -0.488 e. The van der Waals surface area contributed by atoms with Crippen molar-refractivity contribution in [1.82, 2.24) is 5.16 Å². The average Bonchev–Trinajstić information content (AvgIpc) is 2.32. The van der Waals surface area contributed by atoms with E-state index in [1.165, 1.54) is 6.26 Å². The summed E-state index contributed by atoms with van der Waals surface area (Å²) in [6, 6.07) is 0. The van der Waals surface area contributed by atoms with Gasteiger partial charge < -0.3 is 9.26 Å². The topological polar surface area (TPSA) is 35.3 Å². The lowest BCUT2D eigenvalue weighted by atomic mass is 9.99. The summed E-state index contributed by atoms with van der Waals surface area (Å²) in [5, 5.41) is 3.52. The van der Waals surface area contributed by atoms with Crippen molar-refractivity contribution in [3.05, 3.63) is 12.5 Å². The van der Waals surface area contributed by atoms with Crippen LogP contribution in [-0.2, 0) is 0 Å². The molecular weight excluding hydrogens is 142 g/mol. The maximum absolute atomic E-state index is 5.35. The van der Waals surface area contributed by atoms with E-state index in [0.717, 1.165) is 0 Å². The smallest absolute Gasteiger partial charge is 0.178 e. The van der Waals surface area contributed by atoms with Crippen LogP contribution in [0.25, 0.3) is 0 Å². The summed E-state index contributed by atoms with van der Waals surface area (Å²) in [6.45, 7) is 7.01. The molecule has 3 heteroatoms. The van der Waals surface area contributed by atoms with Crippen molar-refractivity contribution in [3.63, 3.8) is 0 Å². The van der Waals surface area contributed by atoms with E-state index in [0.29, 0.717) is 12.4 Å². The molecule has 0 aromatic carbocycles. The molecule has 3 nitrogen and oxygen atoms in total. The third-order valence-electron chi connectivity index (χ3n) is 1.08. The fourth-order valence-electron chi connectivity index (χ4n) is 0.566. The van der Waals surface area contributed by atoms with Gasteiger partial charge in [-0.2, -0.15) is 0 Å². The summed E-state index contributed by atoms with van der Waals surface area (Å²) in [7, 11) is 0. The molecule has 0 radical (unpaired) electrons. The van der Waals surface area contributed by atoms with Crippen LogP contribution in [0.5, 0.6) is 5.75 Å². The number of hydrogen-bond donors (Lipinski definition) is 0. The van der Waals surface area contributed by atoms with Crippen molar-refractivity contribution in [2.75, 3.05) is 6.61 Å². The van der Waals surface area contributed by atoms with Crippen molar-refractivity contribution in [2.24, 2.45) is 5.41 Å². The Labute approximate surface area is 66.3 Å². The van der Waals surface area contributed by atoms with Gasteiger partial charge in [-0.05, 0) is 5.41 Å². The molecule has 0 atom stereocenters. The third kappa shape index (κ3) is 3.07. The third-order valence-corrected chi connectivity index (χ3v) is 1.08. The van der Waals surface area contributed by atoms with Gasteiger partial charge >= 0.3 is 0 Å². The van der Waals surface area contributed by atoms with E-state index in [1.807, 2.05) is 0 Å². The standard InChI is InChI=1S/C8H13NO2/c1-8(2,3)6-10-7-4-9-11-5-7/h4-5H,6H2,1-3H3. The highest BCUT2D eigenvalue weighted by Crippen LogP contribution is 2.16. The fourth-order valence-corrected chi connectivity index (χ4v) is 0.566. The van der Waals surface area contributed by atoms with Crippen LogP contribution in [0.1, 0.15) is 20.8 Å². The monoisotopic (exact) mass is 155 g/mol. The van der Waals surface area contributed by atoms with Crippen molar-refractivity contribution < 1.29 is 9.26 Å². The van der Waals surface area contributed by atoms with E-state index >= 15 is 0 Å². The van der Waals surface area contributed by atoms with Crippen LogP contribution in [0.4, 0.5) is 0 Å². The maximum atomic E-state index is 5.35. The van der Waals surface area contributed by atoms with Crippen LogP contribution in [0.2, 0.25) is 0 Å². The molecule has 0 saturated carbocycles. The summed E-state index contributed by atoms with van der Waals surface area (Å²) >= 11 is 0. The zero-order valence-electron chi connectivity index (χ0n) is 7.13. The molecule has 1 rings (SSSR count). The largest absolute Gasteiger partial charge is 0.488 e. The molecule has 0 aliphatic carbocycles. The normalized spacial score (nSPS) is 11.5. The van der Waals surface area contributed by atoms with Crippen LogP contribution in [-0.4, -0.2) is 11.8 Å². The van der Waals surface area contributed by atoms with Crippen molar-refractivity contribution >= 4 is 0 Å². The highest BCUT2D eigenvalue weighted by molar-refractivity contribution is 5.07. The van der Waals surface area contributed by atoms with Gasteiger partial charge in [-0.15, -0.1) is 0 Å². The van der Waals surface area contributed by atoms with Gasteiger partial charge in [0.15, 0.2) is 12.0 Å². The second-order valence-corrected chi connectivity index (χ2v) is 3.71. The molecule has 1 heterocycles. The van der Waals surface area contributed by atoms with E-state index in [9.17, 15) is 0 Å². The first-order chi connectivity index (χ1) is 5.08. The van der Waals surface area contributed by atoms with Gasteiger partial charge in [-0.1, -0.05) is 25.9 Å². The first-order valence-electron chi connectivity index (χ1n) is 3.60. The Morgan fingerprint density at radius 2 is 2.27 bits per heavy atom. The SMILES string of the molecule is CC(C)(C)COc1cnoc1. The predicted molar refractivity (Wildman–Crippen MR) is 41.5 cm³/mol. The summed E-state index contributed by atoms with van der Waals surface area (Å²) in [5.41, 5.74) is 0.178. The van der Waals surface area contributed by atoms with E-state index < -0.39 is 0 Å². The molecule has 1 aromatic rings. The lowest BCUT2D eigenvalue weighted by molar-refractivity contribution is 0.196. The Balaban J connectivity index is 2.35. The molecule has 0 unspecified atom stereocenters. The first kappa shape index (κ1) is 8.11. The molecule has 1 aromatic heterocycles. The van der Waals surface area contributed by atoms with Gasteiger partial charge in [0.1, 0.15) is 6.20 Å². The van der Waals surface area contributed by atoms with Crippen molar-refractivity contribution in [1.29, 1.82) is 0 Å². The number of ether oxygens (including phenoxy) is 1.